The highest BCUT2D eigenvalue weighted by atomic mass is 16.3. The van der Waals surface area contributed by atoms with Gasteiger partial charge in [0.2, 0.25) is 0 Å². The summed E-state index contributed by atoms with van der Waals surface area (Å²) >= 11 is 0. The van der Waals surface area contributed by atoms with Gasteiger partial charge in [0.1, 0.15) is 11.6 Å². The average molecular weight is 317 g/mol. The summed E-state index contributed by atoms with van der Waals surface area (Å²) in [5.41, 5.74) is 3.58. The molecule has 2 aromatic carbocycles. The third-order valence-corrected chi connectivity index (χ3v) is 4.88. The van der Waals surface area contributed by atoms with E-state index in [-0.39, 0.29) is 5.75 Å². The second-order valence-corrected chi connectivity index (χ2v) is 6.46. The number of rotatable bonds is 2. The molecule has 4 rings (SSSR count). The van der Waals surface area contributed by atoms with Crippen LogP contribution in [0.15, 0.2) is 42.5 Å². The molecule has 3 aromatic rings. The molecule has 1 aliphatic carbocycles. The van der Waals surface area contributed by atoms with Crippen LogP contribution in [-0.4, -0.2) is 14.7 Å². The average Bonchev–Trinajstić information content (AvgIpc) is 3.01. The second kappa shape index (κ2) is 6.01. The Morgan fingerprint density at radius 2 is 1.79 bits per heavy atom. The van der Waals surface area contributed by atoms with Crippen LogP contribution in [0.5, 0.6) is 5.75 Å². The maximum absolute atomic E-state index is 9.57. The summed E-state index contributed by atoms with van der Waals surface area (Å²) < 4.78 is 2.34. The van der Waals surface area contributed by atoms with Gasteiger partial charge in [-0.2, -0.15) is 5.26 Å². The Bertz CT molecular complexity index is 912. The molecule has 120 valence electrons. The van der Waals surface area contributed by atoms with E-state index in [0.29, 0.717) is 11.6 Å². The summed E-state index contributed by atoms with van der Waals surface area (Å²) in [4.78, 5) is 4.83. The predicted molar refractivity (Wildman–Crippen MR) is 93.7 cm³/mol. The van der Waals surface area contributed by atoms with Gasteiger partial charge in [-0.25, -0.2) is 4.98 Å². The Kier molecular flexibility index (Phi) is 3.70. The summed E-state index contributed by atoms with van der Waals surface area (Å²) in [5, 5.41) is 18.7. The molecular weight excluding hydrogens is 298 g/mol. The summed E-state index contributed by atoms with van der Waals surface area (Å²) in [6, 6.07) is 15.6. The van der Waals surface area contributed by atoms with Gasteiger partial charge >= 0.3 is 0 Å². The van der Waals surface area contributed by atoms with Gasteiger partial charge < -0.3 is 9.67 Å². The van der Waals surface area contributed by atoms with Gasteiger partial charge in [-0.15, -0.1) is 0 Å². The largest absolute Gasteiger partial charge is 0.508 e. The van der Waals surface area contributed by atoms with Crippen LogP contribution in [-0.2, 0) is 0 Å². The number of nitrogens with zero attached hydrogens (tertiary/aromatic N) is 3. The van der Waals surface area contributed by atoms with Crippen LogP contribution in [0.3, 0.4) is 0 Å². The Balaban J connectivity index is 1.92. The molecule has 1 N–H and O–H groups in total. The number of imidazole rings is 1. The van der Waals surface area contributed by atoms with Gasteiger partial charge in [0.15, 0.2) is 0 Å². The minimum atomic E-state index is 0.255. The highest BCUT2D eigenvalue weighted by molar-refractivity contribution is 5.82. The number of hydrogen-bond donors (Lipinski definition) is 1. The second-order valence-electron chi connectivity index (χ2n) is 6.46. The first-order valence-corrected chi connectivity index (χ1v) is 8.48. The summed E-state index contributed by atoms with van der Waals surface area (Å²) in [6.07, 6.45) is 6.12. The number of phenols is 1. The van der Waals surface area contributed by atoms with Crippen molar-refractivity contribution in [3.63, 3.8) is 0 Å². The fourth-order valence-corrected chi connectivity index (χ4v) is 3.69. The van der Waals surface area contributed by atoms with E-state index in [0.717, 1.165) is 35.3 Å². The van der Waals surface area contributed by atoms with E-state index in [9.17, 15) is 5.11 Å². The van der Waals surface area contributed by atoms with Gasteiger partial charge in [-0.1, -0.05) is 19.3 Å². The van der Waals surface area contributed by atoms with Gasteiger partial charge in [0, 0.05) is 11.6 Å². The lowest BCUT2D eigenvalue weighted by molar-refractivity contribution is 0.362. The Labute approximate surface area is 141 Å². The van der Waals surface area contributed by atoms with Crippen LogP contribution in [0.4, 0.5) is 0 Å². The number of aromatic nitrogens is 2. The number of nitriles is 1. The van der Waals surface area contributed by atoms with Crippen molar-refractivity contribution < 1.29 is 5.11 Å². The molecule has 0 aliphatic heterocycles. The van der Waals surface area contributed by atoms with Gasteiger partial charge in [0.25, 0.3) is 0 Å². The van der Waals surface area contributed by atoms with E-state index in [1.165, 1.54) is 19.3 Å². The molecule has 4 heteroatoms. The molecule has 0 spiro atoms. The van der Waals surface area contributed by atoms with Crippen LogP contribution in [0, 0.1) is 11.3 Å². The van der Waals surface area contributed by atoms with Gasteiger partial charge in [-0.3, -0.25) is 0 Å². The molecule has 1 aliphatic rings. The molecule has 0 saturated heterocycles. The van der Waals surface area contributed by atoms with E-state index in [1.807, 2.05) is 30.3 Å². The molecule has 0 atom stereocenters. The summed E-state index contributed by atoms with van der Waals surface area (Å²) in [6.45, 7) is 0. The first kappa shape index (κ1) is 14.8. The summed E-state index contributed by atoms with van der Waals surface area (Å²) in [7, 11) is 0. The fraction of sp³-hybridized carbons (Fsp3) is 0.300. The minimum Gasteiger partial charge on any atom is -0.508 e. The number of phenolic OH excluding ortho intramolecular Hbond substituents is 1. The third-order valence-electron chi connectivity index (χ3n) is 4.88. The van der Waals surface area contributed by atoms with Crippen molar-refractivity contribution in [2.75, 3.05) is 0 Å². The van der Waals surface area contributed by atoms with Gasteiger partial charge in [-0.05, 0) is 55.3 Å². The molecule has 0 amide bonds. The minimum absolute atomic E-state index is 0.255. The molecule has 0 unspecified atom stereocenters. The lowest BCUT2D eigenvalue weighted by Crippen LogP contribution is -2.13. The highest BCUT2D eigenvalue weighted by Gasteiger charge is 2.22. The third kappa shape index (κ3) is 2.52. The molecular formula is C20H19N3O. The zero-order valence-electron chi connectivity index (χ0n) is 13.4. The molecule has 1 fully saturated rings. The maximum Gasteiger partial charge on any atom is 0.141 e. The normalized spacial score (nSPS) is 15.5. The fourth-order valence-electron chi connectivity index (χ4n) is 3.69. The van der Waals surface area contributed by atoms with Crippen LogP contribution in [0.1, 0.15) is 43.7 Å². The van der Waals surface area contributed by atoms with Crippen LogP contribution in [0.2, 0.25) is 0 Å². The van der Waals surface area contributed by atoms with E-state index in [2.05, 4.69) is 10.6 Å². The highest BCUT2D eigenvalue weighted by Crippen LogP contribution is 2.36. The van der Waals surface area contributed by atoms with Crippen molar-refractivity contribution >= 4 is 11.0 Å². The van der Waals surface area contributed by atoms with E-state index < -0.39 is 0 Å². The zero-order valence-corrected chi connectivity index (χ0v) is 13.4. The number of benzene rings is 2. The van der Waals surface area contributed by atoms with Crippen molar-refractivity contribution in [2.24, 2.45) is 0 Å². The summed E-state index contributed by atoms with van der Waals surface area (Å²) in [5.74, 6) is 1.18. The first-order chi connectivity index (χ1) is 11.8. The standard InChI is InChI=1S/C20H19N3O/c21-13-14-6-11-19-18(12-14)22-20(15-7-9-17(24)10-8-15)23(19)16-4-2-1-3-5-16/h6-12,16,24H,1-5H2. The monoisotopic (exact) mass is 317 g/mol. The molecule has 0 bridgehead atoms. The van der Waals surface area contributed by atoms with E-state index >= 15 is 0 Å². The topological polar surface area (TPSA) is 61.8 Å². The predicted octanol–water partition coefficient (Wildman–Crippen LogP) is 4.79. The Morgan fingerprint density at radius 3 is 2.50 bits per heavy atom. The number of hydrogen-bond acceptors (Lipinski definition) is 3. The van der Waals surface area contributed by atoms with E-state index in [4.69, 9.17) is 10.2 Å². The lowest BCUT2D eigenvalue weighted by Gasteiger charge is -2.25. The Hall–Kier alpha value is -2.80. The first-order valence-electron chi connectivity index (χ1n) is 8.48. The van der Waals surface area contributed by atoms with Crippen molar-refractivity contribution in [3.8, 4) is 23.2 Å². The molecule has 0 radical (unpaired) electrons. The van der Waals surface area contributed by atoms with E-state index in [1.54, 1.807) is 12.1 Å². The van der Waals surface area contributed by atoms with Crippen molar-refractivity contribution in [1.29, 1.82) is 5.26 Å². The lowest BCUT2D eigenvalue weighted by atomic mass is 9.95. The van der Waals surface area contributed by atoms with Crippen molar-refractivity contribution in [2.45, 2.75) is 38.1 Å². The maximum atomic E-state index is 9.57. The number of fused-ring (bicyclic) bond motifs is 1. The van der Waals surface area contributed by atoms with Gasteiger partial charge in [0.05, 0.1) is 22.7 Å². The molecule has 1 saturated carbocycles. The smallest absolute Gasteiger partial charge is 0.141 e. The quantitative estimate of drug-likeness (QED) is 0.739. The van der Waals surface area contributed by atoms with Crippen molar-refractivity contribution in [3.05, 3.63) is 48.0 Å². The zero-order chi connectivity index (χ0) is 16.5. The molecule has 1 heterocycles. The molecule has 24 heavy (non-hydrogen) atoms. The number of aromatic hydroxyl groups is 1. The van der Waals surface area contributed by atoms with Crippen LogP contribution >= 0.6 is 0 Å². The molecule has 4 nitrogen and oxygen atoms in total. The Morgan fingerprint density at radius 1 is 1.04 bits per heavy atom. The van der Waals surface area contributed by atoms with Crippen molar-refractivity contribution in [1.82, 2.24) is 9.55 Å². The van der Waals surface area contributed by atoms with Crippen LogP contribution in [0.25, 0.3) is 22.4 Å². The molecule has 1 aromatic heterocycles. The SMILES string of the molecule is N#Cc1ccc2c(c1)nc(-c1ccc(O)cc1)n2C1CCCCC1. The van der Waals surface area contributed by atoms with Crippen LogP contribution < -0.4 is 0 Å².